The van der Waals surface area contributed by atoms with Gasteiger partial charge in [0.05, 0.1) is 22.8 Å². The third-order valence-electron chi connectivity index (χ3n) is 4.94. The third-order valence-corrected chi connectivity index (χ3v) is 6.08. The van der Waals surface area contributed by atoms with Crippen LogP contribution in [0.1, 0.15) is 51.1 Å². The number of hydrogen-bond donors (Lipinski definition) is 1. The number of carbonyl (C=O) groups excluding carboxylic acids is 1. The molecule has 0 radical (unpaired) electrons. The Morgan fingerprint density at radius 2 is 2.12 bits per heavy atom. The monoisotopic (exact) mass is 345 g/mol. The number of benzene rings is 1. The van der Waals surface area contributed by atoms with E-state index < -0.39 is 0 Å². The van der Waals surface area contributed by atoms with Gasteiger partial charge in [-0.15, -0.1) is 11.3 Å². The van der Waals surface area contributed by atoms with Crippen molar-refractivity contribution in [3.05, 3.63) is 29.3 Å². The quantitative estimate of drug-likeness (QED) is 0.891. The number of piperidine rings is 1. The predicted molar refractivity (Wildman–Crippen MR) is 100 cm³/mol. The minimum Gasteiger partial charge on any atom is -0.352 e. The van der Waals surface area contributed by atoms with Crippen molar-refractivity contribution in [1.29, 1.82) is 0 Å². The topological polar surface area (TPSA) is 45.2 Å². The fourth-order valence-corrected chi connectivity index (χ4v) is 4.28. The summed E-state index contributed by atoms with van der Waals surface area (Å²) in [5.41, 5.74) is 1.07. The van der Waals surface area contributed by atoms with Crippen molar-refractivity contribution >= 4 is 27.5 Å². The molecule has 4 nitrogen and oxygen atoms in total. The van der Waals surface area contributed by atoms with Gasteiger partial charge in [-0.05, 0) is 44.4 Å². The first-order valence-electron chi connectivity index (χ1n) is 8.93. The molecule has 0 unspecified atom stereocenters. The van der Waals surface area contributed by atoms with Gasteiger partial charge in [0.1, 0.15) is 5.01 Å². The Labute approximate surface area is 148 Å². The zero-order valence-electron chi connectivity index (χ0n) is 14.8. The summed E-state index contributed by atoms with van der Waals surface area (Å²) in [5.74, 6) is 0.583. The Kier molecular flexibility index (Phi) is 5.51. The van der Waals surface area contributed by atoms with Crippen molar-refractivity contribution in [2.24, 2.45) is 5.92 Å². The standard InChI is InChI=1S/C19H27N3OS/c1-13(2)14(3)20-18(23)12-22-11-7-6-9-16(22)19-21-15-8-4-5-10-17(15)24-19/h4-5,8,10,13-14,16H,6-7,9,11-12H2,1-3H3,(H,20,23)/t14-,16+/m0/s1. The van der Waals surface area contributed by atoms with Gasteiger partial charge in [0.15, 0.2) is 0 Å². The van der Waals surface area contributed by atoms with Gasteiger partial charge in [-0.1, -0.05) is 32.4 Å². The lowest BCUT2D eigenvalue weighted by Crippen LogP contribution is -2.45. The van der Waals surface area contributed by atoms with Gasteiger partial charge < -0.3 is 5.32 Å². The zero-order chi connectivity index (χ0) is 17.1. The largest absolute Gasteiger partial charge is 0.352 e. The average molecular weight is 346 g/mol. The summed E-state index contributed by atoms with van der Waals surface area (Å²) < 4.78 is 1.23. The van der Waals surface area contributed by atoms with Crippen LogP contribution in [0.4, 0.5) is 0 Å². The van der Waals surface area contributed by atoms with Crippen molar-refractivity contribution in [3.8, 4) is 0 Å². The first kappa shape index (κ1) is 17.4. The highest BCUT2D eigenvalue weighted by Gasteiger charge is 2.28. The van der Waals surface area contributed by atoms with Crippen LogP contribution < -0.4 is 5.32 Å². The van der Waals surface area contributed by atoms with E-state index in [1.54, 1.807) is 11.3 Å². The fourth-order valence-electron chi connectivity index (χ4n) is 3.14. The highest BCUT2D eigenvalue weighted by Crippen LogP contribution is 2.35. The van der Waals surface area contributed by atoms with Gasteiger partial charge in [-0.2, -0.15) is 0 Å². The normalized spacial score (nSPS) is 20.4. The molecular weight excluding hydrogens is 318 g/mol. The van der Waals surface area contributed by atoms with Gasteiger partial charge >= 0.3 is 0 Å². The van der Waals surface area contributed by atoms with E-state index in [1.165, 1.54) is 11.1 Å². The Hall–Kier alpha value is -1.46. The second kappa shape index (κ2) is 7.62. The number of nitrogens with zero attached hydrogens (tertiary/aromatic N) is 2. The second-order valence-corrected chi connectivity index (χ2v) is 8.16. The molecule has 24 heavy (non-hydrogen) atoms. The first-order chi connectivity index (χ1) is 11.5. The molecular formula is C19H27N3OS. The van der Waals surface area contributed by atoms with Gasteiger partial charge in [0.2, 0.25) is 5.91 Å². The molecule has 0 saturated carbocycles. The molecule has 1 fully saturated rings. The number of nitrogens with one attached hydrogen (secondary N) is 1. The molecule has 1 aliphatic heterocycles. The zero-order valence-corrected chi connectivity index (χ0v) is 15.6. The number of thiazole rings is 1. The van der Waals surface area contributed by atoms with Gasteiger partial charge in [-0.25, -0.2) is 4.98 Å². The molecule has 0 aliphatic carbocycles. The summed E-state index contributed by atoms with van der Waals surface area (Å²) >= 11 is 1.77. The van der Waals surface area contributed by atoms with Crippen LogP contribution in [0.25, 0.3) is 10.2 Å². The average Bonchev–Trinajstić information content (AvgIpc) is 2.98. The number of amides is 1. The molecule has 1 amide bonds. The van der Waals surface area contributed by atoms with Crippen molar-refractivity contribution in [1.82, 2.24) is 15.2 Å². The molecule has 130 valence electrons. The molecule has 1 N–H and O–H groups in total. The van der Waals surface area contributed by atoms with Gasteiger partial charge in [-0.3, -0.25) is 9.69 Å². The number of likely N-dealkylation sites (tertiary alicyclic amines) is 1. The van der Waals surface area contributed by atoms with E-state index in [9.17, 15) is 4.79 Å². The summed E-state index contributed by atoms with van der Waals surface area (Å²) in [7, 11) is 0. The van der Waals surface area contributed by atoms with E-state index in [0.717, 1.165) is 29.9 Å². The van der Waals surface area contributed by atoms with E-state index in [2.05, 4.69) is 49.2 Å². The van der Waals surface area contributed by atoms with Crippen LogP contribution in [-0.4, -0.2) is 34.9 Å². The van der Waals surface area contributed by atoms with E-state index in [1.807, 2.05) is 6.07 Å². The molecule has 2 heterocycles. The number of carbonyl (C=O) groups is 1. The van der Waals surface area contributed by atoms with Gasteiger partial charge in [0.25, 0.3) is 0 Å². The molecule has 0 spiro atoms. The summed E-state index contributed by atoms with van der Waals surface area (Å²) in [6, 6.07) is 8.77. The Balaban J connectivity index is 1.72. The van der Waals surface area contributed by atoms with Gasteiger partial charge in [0, 0.05) is 6.04 Å². The van der Waals surface area contributed by atoms with Crippen LogP contribution in [0.3, 0.4) is 0 Å². The van der Waals surface area contributed by atoms with E-state index in [0.29, 0.717) is 12.5 Å². The van der Waals surface area contributed by atoms with Crippen LogP contribution in [0.15, 0.2) is 24.3 Å². The van der Waals surface area contributed by atoms with Crippen molar-refractivity contribution in [3.63, 3.8) is 0 Å². The number of para-hydroxylation sites is 1. The molecule has 2 aromatic rings. The van der Waals surface area contributed by atoms with Crippen LogP contribution in [0.2, 0.25) is 0 Å². The lowest BCUT2D eigenvalue weighted by atomic mass is 10.0. The Bertz CT molecular complexity index is 664. The minimum absolute atomic E-state index is 0.129. The molecule has 1 aliphatic rings. The molecule has 1 aromatic heterocycles. The summed E-state index contributed by atoms with van der Waals surface area (Å²) in [4.78, 5) is 19.5. The van der Waals surface area contributed by atoms with Crippen LogP contribution >= 0.6 is 11.3 Å². The van der Waals surface area contributed by atoms with Crippen LogP contribution in [0, 0.1) is 5.92 Å². The summed E-state index contributed by atoms with van der Waals surface area (Å²) in [5, 5.41) is 4.28. The van der Waals surface area contributed by atoms with Crippen LogP contribution in [-0.2, 0) is 4.79 Å². The number of fused-ring (bicyclic) bond motifs is 1. The van der Waals surface area contributed by atoms with E-state index in [-0.39, 0.29) is 18.0 Å². The minimum atomic E-state index is 0.129. The SMILES string of the molecule is CC(C)[C@H](C)NC(=O)CN1CCCC[C@@H]1c1nc2ccccc2s1. The maximum absolute atomic E-state index is 12.4. The van der Waals surface area contributed by atoms with Crippen LogP contribution in [0.5, 0.6) is 0 Å². The predicted octanol–water partition coefficient (Wildman–Crippen LogP) is 3.98. The highest BCUT2D eigenvalue weighted by atomic mass is 32.1. The lowest BCUT2D eigenvalue weighted by molar-refractivity contribution is -0.124. The van der Waals surface area contributed by atoms with E-state index >= 15 is 0 Å². The second-order valence-electron chi connectivity index (χ2n) is 7.10. The van der Waals surface area contributed by atoms with Crippen molar-refractivity contribution in [2.75, 3.05) is 13.1 Å². The molecule has 2 atom stereocenters. The van der Waals surface area contributed by atoms with Crippen molar-refractivity contribution in [2.45, 2.75) is 52.1 Å². The maximum Gasteiger partial charge on any atom is 0.234 e. The molecule has 5 heteroatoms. The molecule has 1 saturated heterocycles. The summed E-state index contributed by atoms with van der Waals surface area (Å²) in [6.07, 6.45) is 3.46. The third kappa shape index (κ3) is 3.95. The summed E-state index contributed by atoms with van der Waals surface area (Å²) in [6.45, 7) is 7.79. The lowest BCUT2D eigenvalue weighted by Gasteiger charge is -2.34. The highest BCUT2D eigenvalue weighted by molar-refractivity contribution is 7.18. The smallest absolute Gasteiger partial charge is 0.234 e. The van der Waals surface area contributed by atoms with Crippen molar-refractivity contribution < 1.29 is 4.79 Å². The first-order valence-corrected chi connectivity index (χ1v) is 9.75. The Morgan fingerprint density at radius 1 is 1.33 bits per heavy atom. The number of aromatic nitrogens is 1. The molecule has 1 aromatic carbocycles. The fraction of sp³-hybridized carbons (Fsp3) is 0.579. The maximum atomic E-state index is 12.4. The molecule has 3 rings (SSSR count). The number of hydrogen-bond acceptors (Lipinski definition) is 4. The number of rotatable bonds is 5. The van der Waals surface area contributed by atoms with E-state index in [4.69, 9.17) is 4.98 Å². The Morgan fingerprint density at radius 3 is 2.88 bits per heavy atom. The molecule has 0 bridgehead atoms.